The normalized spacial score (nSPS) is 16.5. The number of hydrogen-bond donors (Lipinski definition) is 2. The molecule has 1 aromatic rings. The molecule has 0 spiro atoms. The van der Waals surface area contributed by atoms with E-state index >= 15 is 0 Å². The molecule has 0 saturated carbocycles. The van der Waals surface area contributed by atoms with Crippen LogP contribution in [0.15, 0.2) is 29.3 Å². The monoisotopic (exact) mass is 430 g/mol. The third-order valence-electron chi connectivity index (χ3n) is 4.12. The van der Waals surface area contributed by atoms with Gasteiger partial charge in [0.25, 0.3) is 0 Å². The van der Waals surface area contributed by atoms with Crippen LogP contribution in [0.3, 0.4) is 0 Å². The van der Waals surface area contributed by atoms with E-state index in [2.05, 4.69) is 46.4 Å². The molecule has 0 aromatic heterocycles. The van der Waals surface area contributed by atoms with Gasteiger partial charge in [0.2, 0.25) is 0 Å². The zero-order valence-corrected chi connectivity index (χ0v) is 16.6. The van der Waals surface area contributed by atoms with Crippen molar-refractivity contribution in [1.82, 2.24) is 10.2 Å². The number of nitrogens with one attached hydrogen (secondary N) is 1. The minimum absolute atomic E-state index is 0. The number of likely N-dealkylation sites (tertiary alicyclic amines) is 1. The molecule has 23 heavy (non-hydrogen) atoms. The van der Waals surface area contributed by atoms with E-state index in [-0.39, 0.29) is 24.0 Å². The summed E-state index contributed by atoms with van der Waals surface area (Å²) in [4.78, 5) is 6.94. The molecule has 3 N–H and O–H groups in total. The van der Waals surface area contributed by atoms with Crippen LogP contribution in [-0.4, -0.2) is 30.5 Å². The van der Waals surface area contributed by atoms with Gasteiger partial charge in [0.1, 0.15) is 0 Å². The molecule has 1 heterocycles. The predicted molar refractivity (Wildman–Crippen MR) is 109 cm³/mol. The van der Waals surface area contributed by atoms with Crippen molar-refractivity contribution >= 4 is 29.9 Å². The van der Waals surface area contributed by atoms with Crippen molar-refractivity contribution in [3.8, 4) is 0 Å². The van der Waals surface area contributed by atoms with Crippen LogP contribution >= 0.6 is 24.0 Å². The fourth-order valence-electron chi connectivity index (χ4n) is 2.79. The van der Waals surface area contributed by atoms with Crippen LogP contribution in [0.2, 0.25) is 0 Å². The Morgan fingerprint density at radius 1 is 1.09 bits per heavy atom. The first-order valence-electron chi connectivity index (χ1n) is 8.62. The second-order valence-corrected chi connectivity index (χ2v) is 6.14. The average molecular weight is 430 g/mol. The lowest BCUT2D eigenvalue weighted by Crippen LogP contribution is -2.32. The fourth-order valence-corrected chi connectivity index (χ4v) is 2.79. The molecule has 5 heteroatoms. The molecule has 1 fully saturated rings. The number of hydrogen-bond acceptors (Lipinski definition) is 2. The number of guanidine groups is 1. The van der Waals surface area contributed by atoms with Crippen molar-refractivity contribution in [3.05, 3.63) is 35.4 Å². The van der Waals surface area contributed by atoms with Gasteiger partial charge in [-0.2, -0.15) is 0 Å². The second kappa shape index (κ2) is 11.7. The highest BCUT2D eigenvalue weighted by Crippen LogP contribution is 2.14. The minimum atomic E-state index is 0. The van der Waals surface area contributed by atoms with Crippen molar-refractivity contribution < 1.29 is 0 Å². The average Bonchev–Trinajstić information content (AvgIpc) is 2.81. The predicted octanol–water partition coefficient (Wildman–Crippen LogP) is 3.49. The summed E-state index contributed by atoms with van der Waals surface area (Å²) >= 11 is 0. The molecule has 0 bridgehead atoms. The van der Waals surface area contributed by atoms with Crippen molar-refractivity contribution in [2.24, 2.45) is 10.7 Å². The highest BCUT2D eigenvalue weighted by Gasteiger charge is 2.09. The summed E-state index contributed by atoms with van der Waals surface area (Å²) < 4.78 is 0. The molecule has 1 saturated heterocycles. The van der Waals surface area contributed by atoms with Crippen LogP contribution in [0.5, 0.6) is 0 Å². The zero-order valence-electron chi connectivity index (χ0n) is 14.3. The quantitative estimate of drug-likeness (QED) is 0.413. The Morgan fingerprint density at radius 3 is 2.30 bits per heavy atom. The Morgan fingerprint density at radius 2 is 1.70 bits per heavy atom. The van der Waals surface area contributed by atoms with Gasteiger partial charge in [0.05, 0.1) is 6.54 Å². The van der Waals surface area contributed by atoms with E-state index in [1.54, 1.807) is 0 Å². The minimum Gasteiger partial charge on any atom is -0.370 e. The Kier molecular flexibility index (Phi) is 10.3. The molecular weight excluding hydrogens is 399 g/mol. The third kappa shape index (κ3) is 8.01. The van der Waals surface area contributed by atoms with Crippen molar-refractivity contribution in [1.29, 1.82) is 0 Å². The first-order valence-corrected chi connectivity index (χ1v) is 8.62. The second-order valence-electron chi connectivity index (χ2n) is 6.14. The lowest BCUT2D eigenvalue weighted by molar-refractivity contribution is 0.277. The lowest BCUT2D eigenvalue weighted by atomic mass is 10.1. The van der Waals surface area contributed by atoms with Gasteiger partial charge in [0, 0.05) is 13.1 Å². The summed E-state index contributed by atoms with van der Waals surface area (Å²) in [7, 11) is 0. The van der Waals surface area contributed by atoms with E-state index in [0.717, 1.165) is 19.5 Å². The molecule has 1 aromatic carbocycles. The lowest BCUT2D eigenvalue weighted by Gasteiger charge is -2.19. The van der Waals surface area contributed by atoms with Crippen molar-refractivity contribution in [3.63, 3.8) is 0 Å². The summed E-state index contributed by atoms with van der Waals surface area (Å²) in [5.74, 6) is 0.537. The SMILES string of the molecule is CCCNC(N)=NCc1ccc(CN2CCCCCC2)cc1.I. The summed E-state index contributed by atoms with van der Waals surface area (Å²) in [5.41, 5.74) is 8.41. The van der Waals surface area contributed by atoms with Gasteiger partial charge >= 0.3 is 0 Å². The zero-order chi connectivity index (χ0) is 15.6. The number of rotatable bonds is 6. The molecule has 0 atom stereocenters. The molecule has 1 aliphatic heterocycles. The molecule has 130 valence electrons. The van der Waals surface area contributed by atoms with Gasteiger partial charge in [-0.25, -0.2) is 4.99 Å². The van der Waals surface area contributed by atoms with E-state index in [9.17, 15) is 0 Å². The van der Waals surface area contributed by atoms with Gasteiger partial charge in [-0.15, -0.1) is 24.0 Å². The maximum absolute atomic E-state index is 5.81. The summed E-state index contributed by atoms with van der Waals surface area (Å²) in [5, 5.41) is 3.10. The van der Waals surface area contributed by atoms with Crippen LogP contribution in [0.25, 0.3) is 0 Å². The maximum atomic E-state index is 5.81. The van der Waals surface area contributed by atoms with Crippen LogP contribution in [0.4, 0.5) is 0 Å². The van der Waals surface area contributed by atoms with Gasteiger partial charge in [-0.1, -0.05) is 44.0 Å². The molecule has 0 aliphatic carbocycles. The Hall–Kier alpha value is -0.820. The first-order chi connectivity index (χ1) is 10.8. The number of aliphatic imine (C=N–C) groups is 1. The smallest absolute Gasteiger partial charge is 0.188 e. The molecular formula is C18H31IN4. The van der Waals surface area contributed by atoms with E-state index in [4.69, 9.17) is 5.73 Å². The molecule has 4 nitrogen and oxygen atoms in total. The topological polar surface area (TPSA) is 53.6 Å². The number of nitrogens with two attached hydrogens (primary N) is 1. The first kappa shape index (κ1) is 20.2. The maximum Gasteiger partial charge on any atom is 0.188 e. The van der Waals surface area contributed by atoms with E-state index < -0.39 is 0 Å². The Bertz CT molecular complexity index is 451. The summed E-state index contributed by atoms with van der Waals surface area (Å²) in [6.07, 6.45) is 6.52. The number of halogens is 1. The summed E-state index contributed by atoms with van der Waals surface area (Å²) in [6.45, 7) is 7.20. The molecule has 0 radical (unpaired) electrons. The van der Waals surface area contributed by atoms with Gasteiger partial charge in [-0.05, 0) is 43.5 Å². The largest absolute Gasteiger partial charge is 0.370 e. The van der Waals surface area contributed by atoms with Gasteiger partial charge in [0.15, 0.2) is 5.96 Å². The fraction of sp³-hybridized carbons (Fsp3) is 0.611. The Balaban J connectivity index is 0.00000264. The van der Waals surface area contributed by atoms with Crippen LogP contribution < -0.4 is 11.1 Å². The van der Waals surface area contributed by atoms with Crippen LogP contribution in [0, 0.1) is 0 Å². The number of benzene rings is 1. The van der Waals surface area contributed by atoms with Crippen LogP contribution in [-0.2, 0) is 13.1 Å². The molecule has 0 unspecified atom stereocenters. The van der Waals surface area contributed by atoms with Gasteiger partial charge in [-0.3, -0.25) is 4.90 Å². The van der Waals surface area contributed by atoms with E-state index in [1.165, 1.54) is 49.9 Å². The van der Waals surface area contributed by atoms with Crippen molar-refractivity contribution in [2.45, 2.75) is 52.1 Å². The number of nitrogens with zero attached hydrogens (tertiary/aromatic N) is 2. The highest BCUT2D eigenvalue weighted by atomic mass is 127. The molecule has 2 rings (SSSR count). The third-order valence-corrected chi connectivity index (χ3v) is 4.12. The van der Waals surface area contributed by atoms with E-state index in [0.29, 0.717) is 12.5 Å². The van der Waals surface area contributed by atoms with Gasteiger partial charge < -0.3 is 11.1 Å². The Labute approximate surface area is 157 Å². The van der Waals surface area contributed by atoms with Crippen LogP contribution in [0.1, 0.15) is 50.2 Å². The molecule has 1 aliphatic rings. The standard InChI is InChI=1S/C18H30N4.HI/c1-2-11-20-18(19)21-14-16-7-9-17(10-8-16)15-22-12-5-3-4-6-13-22;/h7-10H,2-6,11-15H2,1H3,(H3,19,20,21);1H. The van der Waals surface area contributed by atoms with E-state index in [1.807, 2.05) is 0 Å². The summed E-state index contributed by atoms with van der Waals surface area (Å²) in [6, 6.07) is 8.80. The highest BCUT2D eigenvalue weighted by molar-refractivity contribution is 14.0. The molecule has 0 amide bonds. The van der Waals surface area contributed by atoms with Crippen molar-refractivity contribution in [2.75, 3.05) is 19.6 Å².